The van der Waals surface area contributed by atoms with Crippen LogP contribution in [0.2, 0.25) is 0 Å². The first-order valence-corrected chi connectivity index (χ1v) is 14.2. The van der Waals surface area contributed by atoms with Crippen molar-refractivity contribution in [1.29, 1.82) is 0 Å². The predicted molar refractivity (Wildman–Crippen MR) is 138 cm³/mol. The van der Waals surface area contributed by atoms with Crippen molar-refractivity contribution >= 4 is 33.4 Å². The lowest BCUT2D eigenvalue weighted by Gasteiger charge is -2.46. The molecule has 186 valence electrons. The summed E-state index contributed by atoms with van der Waals surface area (Å²) in [6, 6.07) is 4.88. The molecule has 1 N–H and O–H groups in total. The molecule has 0 spiro atoms. The molecule has 0 radical (unpaired) electrons. The number of nitrogens with zero attached hydrogens (tertiary/aromatic N) is 3. The number of thiophene rings is 1. The smallest absolute Gasteiger partial charge is 0.271 e. The van der Waals surface area contributed by atoms with Crippen LogP contribution in [0.25, 0.3) is 10.2 Å². The molecule has 3 unspecified atom stereocenters. The summed E-state index contributed by atoms with van der Waals surface area (Å²) >= 11 is 1.66. The van der Waals surface area contributed by atoms with Gasteiger partial charge in [-0.1, -0.05) is 39.0 Å². The Balaban J connectivity index is 1.41. The van der Waals surface area contributed by atoms with Gasteiger partial charge in [0.05, 0.1) is 16.8 Å². The number of hydrogen-bond acceptors (Lipinski definition) is 4. The molecule has 1 aliphatic heterocycles. The van der Waals surface area contributed by atoms with Crippen molar-refractivity contribution in [2.24, 2.45) is 5.92 Å². The predicted octanol–water partition coefficient (Wildman–Crippen LogP) is 4.88. The number of aromatic nitrogens is 1. The zero-order valence-electron chi connectivity index (χ0n) is 21.0. The Bertz CT molecular complexity index is 1040. The molecule has 3 heterocycles. The lowest BCUT2D eigenvalue weighted by molar-refractivity contribution is -0.134. The fourth-order valence-electron chi connectivity index (χ4n) is 6.44. The summed E-state index contributed by atoms with van der Waals surface area (Å²) in [7, 11) is 2.18. The normalized spacial score (nSPS) is 28.5. The van der Waals surface area contributed by atoms with Crippen molar-refractivity contribution in [3.63, 3.8) is 0 Å². The number of fused-ring (bicyclic) bond motifs is 3. The molecule has 2 aromatic rings. The molecule has 34 heavy (non-hydrogen) atoms. The fourth-order valence-corrected chi connectivity index (χ4v) is 7.26. The zero-order valence-corrected chi connectivity index (χ0v) is 21.8. The first kappa shape index (κ1) is 23.9. The van der Waals surface area contributed by atoms with Gasteiger partial charge in [0, 0.05) is 25.2 Å². The second-order valence-corrected chi connectivity index (χ2v) is 12.1. The second-order valence-electron chi connectivity index (χ2n) is 11.1. The van der Waals surface area contributed by atoms with E-state index in [1.807, 2.05) is 17.9 Å². The minimum absolute atomic E-state index is 0.00245. The van der Waals surface area contributed by atoms with Gasteiger partial charge in [-0.25, -0.2) is 0 Å². The van der Waals surface area contributed by atoms with E-state index in [-0.39, 0.29) is 17.9 Å². The highest BCUT2D eigenvalue weighted by molar-refractivity contribution is 7.17. The van der Waals surface area contributed by atoms with Crippen LogP contribution in [0.15, 0.2) is 17.5 Å². The largest absolute Gasteiger partial charge is 0.351 e. The SMILES string of the molecule is CC1CCCCC1NC(=O)C1(C)Cn2c(cc3sccc32)C(=O)N1CCN(C)C1CCCCC1. The van der Waals surface area contributed by atoms with Crippen LogP contribution in [0, 0.1) is 5.92 Å². The molecule has 7 heteroatoms. The molecule has 3 atom stereocenters. The van der Waals surface area contributed by atoms with E-state index < -0.39 is 5.54 Å². The van der Waals surface area contributed by atoms with Crippen molar-refractivity contribution in [2.75, 3.05) is 20.1 Å². The molecule has 0 saturated heterocycles. The lowest BCUT2D eigenvalue weighted by atomic mass is 9.85. The average molecular weight is 485 g/mol. The Morgan fingerprint density at radius 1 is 1.18 bits per heavy atom. The van der Waals surface area contributed by atoms with Gasteiger partial charge >= 0.3 is 0 Å². The number of amides is 2. The van der Waals surface area contributed by atoms with Gasteiger partial charge in [-0.3, -0.25) is 9.59 Å². The van der Waals surface area contributed by atoms with Crippen molar-refractivity contribution in [2.45, 2.75) is 95.8 Å². The van der Waals surface area contributed by atoms with Crippen LogP contribution in [0.3, 0.4) is 0 Å². The number of likely N-dealkylation sites (N-methyl/N-ethyl adjacent to an activating group) is 1. The van der Waals surface area contributed by atoms with Crippen LogP contribution in [0.4, 0.5) is 0 Å². The minimum atomic E-state index is -0.900. The zero-order chi connectivity index (χ0) is 23.9. The average Bonchev–Trinajstić information content (AvgIpc) is 3.43. The van der Waals surface area contributed by atoms with E-state index in [2.05, 4.69) is 40.2 Å². The summed E-state index contributed by atoms with van der Waals surface area (Å²) in [5.74, 6) is 0.473. The van der Waals surface area contributed by atoms with Crippen LogP contribution in [0.1, 0.15) is 82.1 Å². The van der Waals surface area contributed by atoms with Gasteiger partial charge in [-0.2, -0.15) is 0 Å². The van der Waals surface area contributed by atoms with Gasteiger partial charge in [0.1, 0.15) is 11.2 Å². The molecule has 0 aromatic carbocycles. The Morgan fingerprint density at radius 3 is 2.68 bits per heavy atom. The van der Waals surface area contributed by atoms with Gasteiger partial charge < -0.3 is 19.7 Å². The molecule has 2 aliphatic carbocycles. The van der Waals surface area contributed by atoms with Crippen molar-refractivity contribution in [1.82, 2.24) is 19.7 Å². The van der Waals surface area contributed by atoms with Crippen LogP contribution in [-0.2, 0) is 11.3 Å². The van der Waals surface area contributed by atoms with Crippen LogP contribution < -0.4 is 5.32 Å². The fraction of sp³-hybridized carbons (Fsp3) is 0.704. The van der Waals surface area contributed by atoms with Gasteiger partial charge in [0.15, 0.2) is 0 Å². The first-order valence-electron chi connectivity index (χ1n) is 13.3. The number of hydrogen-bond donors (Lipinski definition) is 1. The molecule has 2 amide bonds. The van der Waals surface area contributed by atoms with E-state index in [4.69, 9.17) is 0 Å². The van der Waals surface area contributed by atoms with E-state index in [0.29, 0.717) is 25.0 Å². The highest BCUT2D eigenvalue weighted by atomic mass is 32.1. The third-order valence-corrected chi connectivity index (χ3v) is 9.69. The number of carbonyl (C=O) groups is 2. The quantitative estimate of drug-likeness (QED) is 0.636. The molecule has 6 nitrogen and oxygen atoms in total. The van der Waals surface area contributed by atoms with E-state index >= 15 is 0 Å². The Kier molecular flexibility index (Phi) is 6.77. The summed E-state index contributed by atoms with van der Waals surface area (Å²) in [6.45, 7) is 6.11. The first-order chi connectivity index (χ1) is 16.4. The van der Waals surface area contributed by atoms with Crippen LogP contribution >= 0.6 is 11.3 Å². The number of nitrogens with one attached hydrogen (secondary N) is 1. The van der Waals surface area contributed by atoms with Crippen molar-refractivity contribution in [3.8, 4) is 0 Å². The molecule has 5 rings (SSSR count). The summed E-state index contributed by atoms with van der Waals surface area (Å²) in [5, 5.41) is 5.45. The van der Waals surface area contributed by atoms with Gasteiger partial charge in [0.2, 0.25) is 5.91 Å². The lowest BCUT2D eigenvalue weighted by Crippen LogP contribution is -2.66. The summed E-state index contributed by atoms with van der Waals surface area (Å²) in [5.41, 5.74) is 0.888. The summed E-state index contributed by atoms with van der Waals surface area (Å²) in [4.78, 5) is 32.1. The monoisotopic (exact) mass is 484 g/mol. The van der Waals surface area contributed by atoms with Crippen LogP contribution in [-0.4, -0.2) is 63.9 Å². The maximum absolute atomic E-state index is 13.9. The molecule has 3 aliphatic rings. The third kappa shape index (κ3) is 4.30. The minimum Gasteiger partial charge on any atom is -0.351 e. The van der Waals surface area contributed by atoms with Gasteiger partial charge in [-0.05, 0) is 63.1 Å². The van der Waals surface area contributed by atoms with E-state index in [1.54, 1.807) is 11.3 Å². The maximum atomic E-state index is 13.9. The Labute approximate surface area is 207 Å². The van der Waals surface area contributed by atoms with E-state index in [1.165, 1.54) is 38.5 Å². The van der Waals surface area contributed by atoms with E-state index in [0.717, 1.165) is 41.7 Å². The van der Waals surface area contributed by atoms with Gasteiger partial charge in [0.25, 0.3) is 5.91 Å². The Hall–Kier alpha value is -1.86. The van der Waals surface area contributed by atoms with Crippen LogP contribution in [0.5, 0.6) is 0 Å². The number of carbonyl (C=O) groups excluding carboxylic acids is 2. The topological polar surface area (TPSA) is 57.6 Å². The molecule has 2 aromatic heterocycles. The van der Waals surface area contributed by atoms with Crippen molar-refractivity contribution in [3.05, 3.63) is 23.2 Å². The number of rotatable bonds is 6. The molecule has 0 bridgehead atoms. The highest BCUT2D eigenvalue weighted by Crippen LogP contribution is 2.35. The molecular formula is C27H40N4O2S. The van der Waals surface area contributed by atoms with Gasteiger partial charge in [-0.15, -0.1) is 11.3 Å². The third-order valence-electron chi connectivity index (χ3n) is 8.84. The molecular weight excluding hydrogens is 444 g/mol. The molecule has 2 saturated carbocycles. The standard InChI is InChI=1S/C27H40N4O2S/c1-19-9-7-8-12-21(19)28-26(33)27(2)18-30-22-13-16-34-24(22)17-23(30)25(32)31(27)15-14-29(3)20-10-5-4-6-11-20/h13,16-17,19-21H,4-12,14-15,18H2,1-3H3,(H,28,33). The summed E-state index contributed by atoms with van der Waals surface area (Å²) < 4.78 is 3.20. The summed E-state index contributed by atoms with van der Waals surface area (Å²) in [6.07, 6.45) is 11.0. The highest BCUT2D eigenvalue weighted by Gasteiger charge is 2.48. The van der Waals surface area contributed by atoms with E-state index in [9.17, 15) is 9.59 Å². The molecule has 2 fully saturated rings. The Morgan fingerprint density at radius 2 is 1.91 bits per heavy atom. The maximum Gasteiger partial charge on any atom is 0.271 e. The van der Waals surface area contributed by atoms with Crippen molar-refractivity contribution < 1.29 is 9.59 Å². The second kappa shape index (κ2) is 9.65.